The smallest absolute Gasteiger partial charge is 0.334 e. The third kappa shape index (κ3) is 3.59. The Morgan fingerprint density at radius 3 is 2.41 bits per heavy atom. The van der Waals surface area contributed by atoms with E-state index in [1.54, 1.807) is 0 Å². The average molecular weight is 329 g/mol. The van der Waals surface area contributed by atoms with Crippen LogP contribution in [0.5, 0.6) is 0 Å². The first-order valence-corrected chi connectivity index (χ1v) is 6.43. The van der Waals surface area contributed by atoms with E-state index in [1.807, 2.05) is 0 Å². The zero-order valence-corrected chi connectivity index (χ0v) is 12.6. The van der Waals surface area contributed by atoms with E-state index in [2.05, 4.69) is 11.3 Å². The van der Waals surface area contributed by atoms with E-state index in [9.17, 15) is 25.0 Å². The molecule has 9 heteroatoms. The minimum atomic E-state index is -1.33. The third-order valence-electron chi connectivity index (χ3n) is 3.16. The van der Waals surface area contributed by atoms with Crippen LogP contribution < -0.4 is 0 Å². The van der Waals surface area contributed by atoms with Crippen LogP contribution in [-0.4, -0.2) is 29.0 Å². The number of nitro benzene ring substituents is 1. The maximum absolute atomic E-state index is 11.7. The predicted octanol–water partition coefficient (Wildman–Crippen LogP) is 2.73. The maximum atomic E-state index is 11.7. The second kappa shape index (κ2) is 6.99. The summed E-state index contributed by atoms with van der Waals surface area (Å²) in [6.45, 7) is 4.72. The summed E-state index contributed by atoms with van der Waals surface area (Å²) in [5.41, 5.74) is -0.692. The number of carbonyl (C=O) groups excluding carboxylic acids is 1. The standard InChI is InChI=1S/C13H13ClN2O6/c1-7(13(17)22-3)12(8(2)15(18)19)10-6-9(14)4-5-11(10)16(20)21/h4-6,8,12H,1H2,2-3H3. The highest BCUT2D eigenvalue weighted by Gasteiger charge is 2.38. The van der Waals surface area contributed by atoms with Crippen molar-refractivity contribution in [1.82, 2.24) is 0 Å². The number of nitrogens with zero attached hydrogens (tertiary/aromatic N) is 2. The van der Waals surface area contributed by atoms with Gasteiger partial charge in [0.05, 0.1) is 18.0 Å². The van der Waals surface area contributed by atoms with Crippen LogP contribution in [0.2, 0.25) is 5.02 Å². The fraction of sp³-hybridized carbons (Fsp3) is 0.308. The topological polar surface area (TPSA) is 113 Å². The van der Waals surface area contributed by atoms with Crippen LogP contribution in [0.3, 0.4) is 0 Å². The van der Waals surface area contributed by atoms with Gasteiger partial charge in [-0.05, 0) is 12.1 Å². The number of hydrogen-bond acceptors (Lipinski definition) is 6. The molecule has 0 radical (unpaired) electrons. The first kappa shape index (κ1) is 17.6. The lowest BCUT2D eigenvalue weighted by Gasteiger charge is -2.19. The molecule has 1 rings (SSSR count). The second-order valence-corrected chi connectivity index (χ2v) is 4.92. The number of ether oxygens (including phenoxy) is 1. The van der Waals surface area contributed by atoms with Gasteiger partial charge in [-0.3, -0.25) is 20.2 Å². The SMILES string of the molecule is C=C(C(=O)OC)C(c1cc(Cl)ccc1[N+](=O)[O-])C(C)[N+](=O)[O-]. The molecule has 1 aromatic carbocycles. The molecule has 8 nitrogen and oxygen atoms in total. The molecule has 0 fully saturated rings. The molecular weight excluding hydrogens is 316 g/mol. The fourth-order valence-corrected chi connectivity index (χ4v) is 2.24. The van der Waals surface area contributed by atoms with Crippen LogP contribution >= 0.6 is 11.6 Å². The van der Waals surface area contributed by atoms with E-state index < -0.39 is 27.8 Å². The normalized spacial score (nSPS) is 13.0. The number of methoxy groups -OCH3 is 1. The molecule has 2 unspecified atom stereocenters. The molecule has 0 bridgehead atoms. The molecule has 0 amide bonds. The molecule has 0 N–H and O–H groups in total. The Morgan fingerprint density at radius 2 is 1.95 bits per heavy atom. The molecule has 1 aromatic rings. The summed E-state index contributed by atoms with van der Waals surface area (Å²) in [7, 11) is 1.09. The van der Waals surface area contributed by atoms with Gasteiger partial charge in [-0.15, -0.1) is 0 Å². The summed E-state index contributed by atoms with van der Waals surface area (Å²) < 4.78 is 4.51. The number of hydrogen-bond donors (Lipinski definition) is 0. The highest BCUT2D eigenvalue weighted by atomic mass is 35.5. The lowest BCUT2D eigenvalue weighted by atomic mass is 9.85. The monoisotopic (exact) mass is 328 g/mol. The third-order valence-corrected chi connectivity index (χ3v) is 3.39. The van der Waals surface area contributed by atoms with E-state index in [1.165, 1.54) is 19.1 Å². The van der Waals surface area contributed by atoms with Crippen molar-refractivity contribution < 1.29 is 19.4 Å². The van der Waals surface area contributed by atoms with Crippen LogP contribution in [0.4, 0.5) is 5.69 Å². The summed E-state index contributed by atoms with van der Waals surface area (Å²) >= 11 is 5.83. The van der Waals surface area contributed by atoms with Crippen LogP contribution in [0.1, 0.15) is 18.4 Å². The van der Waals surface area contributed by atoms with E-state index in [0.717, 1.165) is 13.2 Å². The molecule has 0 heterocycles. The Bertz CT molecular complexity index is 645. The molecule has 0 saturated carbocycles. The largest absolute Gasteiger partial charge is 0.466 e. The molecule has 0 aliphatic carbocycles. The molecule has 0 aromatic heterocycles. The fourth-order valence-electron chi connectivity index (χ4n) is 2.06. The van der Waals surface area contributed by atoms with Gasteiger partial charge in [-0.2, -0.15) is 0 Å². The quantitative estimate of drug-likeness (QED) is 0.343. The molecule has 0 aliphatic heterocycles. The Kier molecular flexibility index (Phi) is 5.58. The van der Waals surface area contributed by atoms with Gasteiger partial charge < -0.3 is 4.74 Å². The van der Waals surface area contributed by atoms with E-state index in [0.29, 0.717) is 0 Å². The van der Waals surface area contributed by atoms with E-state index in [-0.39, 0.29) is 21.8 Å². The first-order valence-electron chi connectivity index (χ1n) is 6.05. The van der Waals surface area contributed by atoms with Gasteiger partial charge in [0.2, 0.25) is 6.04 Å². The minimum absolute atomic E-state index is 0.0582. The number of esters is 1. The van der Waals surface area contributed by atoms with Crippen molar-refractivity contribution >= 4 is 23.3 Å². The molecule has 118 valence electrons. The Labute approximate surface area is 130 Å². The maximum Gasteiger partial charge on any atom is 0.334 e. The first-order chi connectivity index (χ1) is 10.2. The van der Waals surface area contributed by atoms with Gasteiger partial charge in [-0.25, -0.2) is 4.79 Å². The van der Waals surface area contributed by atoms with Crippen molar-refractivity contribution in [3.8, 4) is 0 Å². The van der Waals surface area contributed by atoms with Crippen molar-refractivity contribution in [3.63, 3.8) is 0 Å². The molecule has 0 saturated heterocycles. The van der Waals surface area contributed by atoms with Gasteiger partial charge in [-0.1, -0.05) is 18.2 Å². The lowest BCUT2D eigenvalue weighted by molar-refractivity contribution is -0.520. The van der Waals surface area contributed by atoms with Gasteiger partial charge in [0.25, 0.3) is 5.69 Å². The van der Waals surface area contributed by atoms with Crippen molar-refractivity contribution in [1.29, 1.82) is 0 Å². The van der Waals surface area contributed by atoms with Crippen molar-refractivity contribution in [2.75, 3.05) is 7.11 Å². The summed E-state index contributed by atoms with van der Waals surface area (Å²) in [5.74, 6) is -2.12. The zero-order valence-electron chi connectivity index (χ0n) is 11.8. The molecule has 0 aliphatic rings. The lowest BCUT2D eigenvalue weighted by Crippen LogP contribution is -2.29. The average Bonchev–Trinajstić information content (AvgIpc) is 2.45. The number of rotatable bonds is 6. The van der Waals surface area contributed by atoms with Gasteiger partial charge >= 0.3 is 5.97 Å². The van der Waals surface area contributed by atoms with Crippen LogP contribution in [0.15, 0.2) is 30.4 Å². The van der Waals surface area contributed by atoms with Crippen molar-refractivity contribution in [2.45, 2.75) is 18.9 Å². The molecule has 2 atom stereocenters. The van der Waals surface area contributed by atoms with Gasteiger partial charge in [0.15, 0.2) is 0 Å². The highest BCUT2D eigenvalue weighted by Crippen LogP contribution is 2.36. The Morgan fingerprint density at radius 1 is 1.36 bits per heavy atom. The minimum Gasteiger partial charge on any atom is -0.466 e. The summed E-state index contributed by atoms with van der Waals surface area (Å²) in [4.78, 5) is 32.6. The Hall–Kier alpha value is -2.48. The predicted molar refractivity (Wildman–Crippen MR) is 78.5 cm³/mol. The van der Waals surface area contributed by atoms with Crippen molar-refractivity contribution in [2.24, 2.45) is 0 Å². The summed E-state index contributed by atoms with van der Waals surface area (Å²) in [5, 5.41) is 22.4. The van der Waals surface area contributed by atoms with Crippen LogP contribution in [0, 0.1) is 20.2 Å². The number of benzene rings is 1. The second-order valence-electron chi connectivity index (χ2n) is 4.48. The summed E-state index contributed by atoms with van der Waals surface area (Å²) in [6.07, 6.45) is 0. The zero-order chi connectivity index (χ0) is 17.0. The number of carbonyl (C=O) groups is 1. The molecule has 22 heavy (non-hydrogen) atoms. The molecule has 0 spiro atoms. The number of nitro groups is 2. The van der Waals surface area contributed by atoms with Crippen LogP contribution in [0.25, 0.3) is 0 Å². The summed E-state index contributed by atoms with van der Waals surface area (Å²) in [6, 6.07) is 2.31. The highest BCUT2D eigenvalue weighted by molar-refractivity contribution is 6.30. The van der Waals surface area contributed by atoms with E-state index >= 15 is 0 Å². The van der Waals surface area contributed by atoms with Gasteiger partial charge in [0, 0.05) is 34.1 Å². The number of halogens is 1. The Balaban J connectivity index is 3.55. The molecular formula is C13H13ClN2O6. The van der Waals surface area contributed by atoms with Gasteiger partial charge in [0.1, 0.15) is 0 Å². The van der Waals surface area contributed by atoms with Crippen LogP contribution in [-0.2, 0) is 9.53 Å². The van der Waals surface area contributed by atoms with Crippen molar-refractivity contribution in [3.05, 3.63) is 61.2 Å². The van der Waals surface area contributed by atoms with E-state index in [4.69, 9.17) is 11.6 Å².